The van der Waals surface area contributed by atoms with Gasteiger partial charge in [0, 0.05) is 18.7 Å². The molecule has 0 bridgehead atoms. The molecule has 0 radical (unpaired) electrons. The van der Waals surface area contributed by atoms with Crippen LogP contribution in [0.2, 0.25) is 0 Å². The van der Waals surface area contributed by atoms with Crippen molar-refractivity contribution in [2.75, 3.05) is 11.9 Å². The van der Waals surface area contributed by atoms with Gasteiger partial charge in [0.15, 0.2) is 0 Å². The molecule has 6 N–H and O–H groups in total. The predicted octanol–water partition coefficient (Wildman–Crippen LogP) is -0.680. The number of hydrogen-bond donors (Lipinski definition) is 4. The zero-order chi connectivity index (χ0) is 14.6. The van der Waals surface area contributed by atoms with Crippen LogP contribution in [-0.2, 0) is 14.8 Å². The van der Waals surface area contributed by atoms with Gasteiger partial charge in [-0.15, -0.1) is 0 Å². The van der Waals surface area contributed by atoms with Gasteiger partial charge in [-0.05, 0) is 18.2 Å². The van der Waals surface area contributed by atoms with E-state index in [9.17, 15) is 18.0 Å². The zero-order valence-electron chi connectivity index (χ0n) is 9.79. The molecule has 1 rings (SSSR count). The van der Waals surface area contributed by atoms with Crippen LogP contribution in [-0.4, -0.2) is 31.9 Å². The highest BCUT2D eigenvalue weighted by molar-refractivity contribution is 7.89. The van der Waals surface area contributed by atoms with Gasteiger partial charge in [0.1, 0.15) is 0 Å². The Morgan fingerprint density at radius 2 is 1.95 bits per heavy atom. The van der Waals surface area contributed by atoms with Gasteiger partial charge in [0.25, 0.3) is 0 Å². The third-order valence-electron chi connectivity index (χ3n) is 2.24. The fraction of sp³-hybridized carbons (Fsp3) is 0.200. The minimum absolute atomic E-state index is 0.0238. The van der Waals surface area contributed by atoms with Crippen LogP contribution in [0.5, 0.6) is 0 Å². The van der Waals surface area contributed by atoms with E-state index < -0.39 is 21.9 Å². The maximum atomic E-state index is 11.1. The van der Waals surface area contributed by atoms with E-state index in [1.165, 1.54) is 12.1 Å². The molecule has 1 aromatic carbocycles. The SMILES string of the molecule is NC(=O)CCNc1ccc(S(N)(=O)=O)cc1C(=O)O. The molecule has 104 valence electrons. The smallest absolute Gasteiger partial charge is 0.337 e. The number of amides is 1. The number of hydrogen-bond acceptors (Lipinski definition) is 5. The molecule has 0 aliphatic rings. The number of benzene rings is 1. The summed E-state index contributed by atoms with van der Waals surface area (Å²) in [5.41, 5.74) is 4.87. The Balaban J connectivity index is 3.06. The van der Waals surface area contributed by atoms with Crippen LogP contribution in [0.3, 0.4) is 0 Å². The summed E-state index contributed by atoms with van der Waals surface area (Å²) in [7, 11) is -3.97. The molecule has 0 saturated heterocycles. The van der Waals surface area contributed by atoms with Crippen LogP contribution in [0.15, 0.2) is 23.1 Å². The van der Waals surface area contributed by atoms with Crippen LogP contribution in [0.4, 0.5) is 5.69 Å². The maximum absolute atomic E-state index is 11.1. The number of anilines is 1. The van der Waals surface area contributed by atoms with Crippen LogP contribution < -0.4 is 16.2 Å². The van der Waals surface area contributed by atoms with Gasteiger partial charge < -0.3 is 16.2 Å². The molecule has 0 aliphatic heterocycles. The lowest BCUT2D eigenvalue weighted by Gasteiger charge is -2.10. The van der Waals surface area contributed by atoms with Crippen molar-refractivity contribution in [1.29, 1.82) is 0 Å². The number of aromatic carboxylic acids is 1. The third kappa shape index (κ3) is 4.23. The van der Waals surface area contributed by atoms with Gasteiger partial charge in [0.2, 0.25) is 15.9 Å². The first-order valence-corrected chi connectivity index (χ1v) is 6.69. The van der Waals surface area contributed by atoms with Crippen molar-refractivity contribution < 1.29 is 23.1 Å². The Hall–Kier alpha value is -2.13. The number of carboxylic acids is 1. The highest BCUT2D eigenvalue weighted by Crippen LogP contribution is 2.20. The number of primary sulfonamides is 1. The summed E-state index contributed by atoms with van der Waals surface area (Å²) in [6, 6.07) is 3.39. The Bertz CT molecular complexity index is 612. The molecular weight excluding hydrogens is 274 g/mol. The molecule has 1 aromatic rings. The monoisotopic (exact) mass is 287 g/mol. The lowest BCUT2D eigenvalue weighted by Crippen LogP contribution is -2.18. The Labute approximate surface area is 109 Å². The van der Waals surface area contributed by atoms with E-state index in [0.29, 0.717) is 0 Å². The van der Waals surface area contributed by atoms with Crippen molar-refractivity contribution in [3.8, 4) is 0 Å². The number of nitrogens with two attached hydrogens (primary N) is 2. The highest BCUT2D eigenvalue weighted by Gasteiger charge is 2.15. The van der Waals surface area contributed by atoms with Crippen molar-refractivity contribution in [2.45, 2.75) is 11.3 Å². The molecule has 0 atom stereocenters. The van der Waals surface area contributed by atoms with Gasteiger partial charge in [-0.3, -0.25) is 4.79 Å². The van der Waals surface area contributed by atoms with E-state index in [0.717, 1.165) is 6.07 Å². The van der Waals surface area contributed by atoms with Crippen LogP contribution >= 0.6 is 0 Å². The van der Waals surface area contributed by atoms with E-state index in [-0.39, 0.29) is 29.1 Å². The lowest BCUT2D eigenvalue weighted by molar-refractivity contribution is -0.117. The van der Waals surface area contributed by atoms with Gasteiger partial charge in [0.05, 0.1) is 10.5 Å². The zero-order valence-corrected chi connectivity index (χ0v) is 10.6. The standard InChI is InChI=1S/C10H13N3O5S/c11-9(14)3-4-13-8-2-1-6(19(12,17)18)5-7(8)10(15)16/h1-2,5,13H,3-4H2,(H2,11,14)(H,15,16)(H2,12,17,18). The fourth-order valence-electron chi connectivity index (χ4n) is 1.35. The molecule has 0 aromatic heterocycles. The molecule has 0 fully saturated rings. The van der Waals surface area contributed by atoms with Crippen molar-refractivity contribution in [1.82, 2.24) is 0 Å². The van der Waals surface area contributed by atoms with Gasteiger partial charge >= 0.3 is 5.97 Å². The largest absolute Gasteiger partial charge is 0.478 e. The summed E-state index contributed by atoms with van der Waals surface area (Å²) in [5.74, 6) is -1.85. The number of sulfonamides is 1. The summed E-state index contributed by atoms with van der Waals surface area (Å²) in [6.45, 7) is 0.143. The second-order valence-corrected chi connectivity index (χ2v) is 5.26. The molecule has 1 amide bonds. The summed E-state index contributed by atoms with van der Waals surface area (Å²) in [6.07, 6.45) is 0.0238. The molecule has 0 saturated carbocycles. The minimum Gasteiger partial charge on any atom is -0.478 e. The van der Waals surface area contributed by atoms with E-state index >= 15 is 0 Å². The average Bonchev–Trinajstić information content (AvgIpc) is 2.27. The van der Waals surface area contributed by atoms with Crippen molar-refractivity contribution in [2.24, 2.45) is 10.9 Å². The molecule has 9 heteroatoms. The topological polar surface area (TPSA) is 153 Å². The number of carboxylic acid groups (broad SMARTS) is 1. The second-order valence-electron chi connectivity index (χ2n) is 3.70. The molecule has 19 heavy (non-hydrogen) atoms. The normalized spacial score (nSPS) is 11.0. The highest BCUT2D eigenvalue weighted by atomic mass is 32.2. The van der Waals surface area contributed by atoms with Crippen LogP contribution in [0.1, 0.15) is 16.8 Å². The maximum Gasteiger partial charge on any atom is 0.337 e. The van der Waals surface area contributed by atoms with Gasteiger partial charge in [-0.2, -0.15) is 0 Å². The first-order chi connectivity index (χ1) is 8.71. The summed E-state index contributed by atoms with van der Waals surface area (Å²) in [4.78, 5) is 21.3. The van der Waals surface area contributed by atoms with Crippen molar-refractivity contribution in [3.05, 3.63) is 23.8 Å². The minimum atomic E-state index is -3.97. The van der Waals surface area contributed by atoms with Crippen molar-refractivity contribution in [3.63, 3.8) is 0 Å². The number of rotatable bonds is 6. The van der Waals surface area contributed by atoms with Gasteiger partial charge in [-0.25, -0.2) is 18.4 Å². The number of primary amides is 1. The third-order valence-corrected chi connectivity index (χ3v) is 3.15. The fourth-order valence-corrected chi connectivity index (χ4v) is 1.89. The molecule has 0 heterocycles. The number of nitrogens with one attached hydrogen (secondary N) is 1. The van der Waals surface area contributed by atoms with Crippen LogP contribution in [0.25, 0.3) is 0 Å². The Morgan fingerprint density at radius 1 is 1.32 bits per heavy atom. The van der Waals surface area contributed by atoms with E-state index in [1.54, 1.807) is 0 Å². The molecular formula is C10H13N3O5S. The molecule has 0 spiro atoms. The molecule has 8 nitrogen and oxygen atoms in total. The Morgan fingerprint density at radius 3 is 2.42 bits per heavy atom. The second kappa shape index (κ2) is 5.67. The van der Waals surface area contributed by atoms with E-state index in [1.807, 2.05) is 0 Å². The van der Waals surface area contributed by atoms with Crippen molar-refractivity contribution >= 4 is 27.6 Å². The first kappa shape index (κ1) is 14.9. The van der Waals surface area contributed by atoms with E-state index in [2.05, 4.69) is 5.32 Å². The predicted molar refractivity (Wildman–Crippen MR) is 67.1 cm³/mol. The summed E-state index contributed by atoms with van der Waals surface area (Å²) < 4.78 is 22.3. The molecule has 0 unspecified atom stereocenters. The number of carbonyl (C=O) groups is 2. The summed E-state index contributed by atoms with van der Waals surface area (Å²) >= 11 is 0. The van der Waals surface area contributed by atoms with E-state index in [4.69, 9.17) is 16.0 Å². The number of carbonyl (C=O) groups excluding carboxylic acids is 1. The van der Waals surface area contributed by atoms with Gasteiger partial charge in [-0.1, -0.05) is 0 Å². The molecule has 0 aliphatic carbocycles. The summed E-state index contributed by atoms with van der Waals surface area (Å²) in [5, 5.41) is 16.6. The Kier molecular flexibility index (Phi) is 4.46. The quantitative estimate of drug-likeness (QED) is 0.543. The lowest BCUT2D eigenvalue weighted by atomic mass is 10.1. The average molecular weight is 287 g/mol. The van der Waals surface area contributed by atoms with Crippen LogP contribution in [0, 0.1) is 0 Å². The first-order valence-electron chi connectivity index (χ1n) is 5.14.